The maximum atomic E-state index is 12.2. The Kier molecular flexibility index (Phi) is 5.63. The van der Waals surface area contributed by atoms with Crippen LogP contribution >= 0.6 is 0 Å². The van der Waals surface area contributed by atoms with Gasteiger partial charge in [0.25, 0.3) is 0 Å². The van der Waals surface area contributed by atoms with Gasteiger partial charge in [0, 0.05) is 0 Å². The molecule has 2 aromatic rings. The van der Waals surface area contributed by atoms with Crippen LogP contribution in [-0.2, 0) is 4.79 Å². The van der Waals surface area contributed by atoms with Crippen LogP contribution in [0.3, 0.4) is 0 Å². The molecule has 0 aliphatic rings. The highest BCUT2D eigenvalue weighted by atomic mass is 16.2. The van der Waals surface area contributed by atoms with Crippen molar-refractivity contribution in [1.82, 2.24) is 25.5 Å². The van der Waals surface area contributed by atoms with Crippen molar-refractivity contribution in [3.05, 3.63) is 30.3 Å². The Morgan fingerprint density at radius 3 is 2.74 bits per heavy atom. The van der Waals surface area contributed by atoms with E-state index in [1.54, 1.807) is 0 Å². The summed E-state index contributed by atoms with van der Waals surface area (Å²) >= 11 is 0. The van der Waals surface area contributed by atoms with Gasteiger partial charge in [-0.3, -0.25) is 4.79 Å². The van der Waals surface area contributed by atoms with Gasteiger partial charge < -0.3 is 10.6 Å². The first-order valence-electron chi connectivity index (χ1n) is 7.36. The summed E-state index contributed by atoms with van der Waals surface area (Å²) in [5.41, 5.74) is 0.792. The van der Waals surface area contributed by atoms with Gasteiger partial charge in [-0.1, -0.05) is 37.1 Å². The number of nitrogens with zero attached hydrogens (tertiary/aromatic N) is 5. The molecule has 0 radical (unpaired) electrons. The lowest BCUT2D eigenvalue weighted by atomic mass is 10.0. The molecule has 0 aliphatic carbocycles. The number of carbonyl (C=O) groups is 1. The van der Waals surface area contributed by atoms with Crippen LogP contribution < -0.4 is 10.6 Å². The normalized spacial score (nSPS) is 11.7. The number of para-hydroxylation sites is 1. The zero-order valence-electron chi connectivity index (χ0n) is 13.1. The van der Waals surface area contributed by atoms with E-state index >= 15 is 0 Å². The third-order valence-corrected chi connectivity index (χ3v) is 3.14. The minimum absolute atomic E-state index is 0.0290. The fourth-order valence-electron chi connectivity index (χ4n) is 2.13. The van der Waals surface area contributed by atoms with E-state index in [0.29, 0.717) is 18.3 Å². The summed E-state index contributed by atoms with van der Waals surface area (Å²) in [6.07, 6.45) is 0.596. The Hall–Kier alpha value is -2.95. The van der Waals surface area contributed by atoms with Gasteiger partial charge in [-0.25, -0.2) is 0 Å². The number of aromatic nitrogens is 4. The Labute approximate surface area is 134 Å². The van der Waals surface area contributed by atoms with Crippen LogP contribution in [0, 0.1) is 17.2 Å². The lowest BCUT2D eigenvalue weighted by molar-refractivity contribution is -0.121. The number of amides is 1. The molecule has 0 fully saturated rings. The second kappa shape index (κ2) is 7.89. The SMILES string of the molecule is CC(C)C[C@H](Nc1nnnn1-c1ccccc1)C(=O)NCC#N. The Morgan fingerprint density at radius 2 is 2.09 bits per heavy atom. The number of rotatable bonds is 7. The molecular weight excluding hydrogens is 294 g/mol. The molecule has 23 heavy (non-hydrogen) atoms. The van der Waals surface area contributed by atoms with Crippen LogP contribution in [0.5, 0.6) is 0 Å². The van der Waals surface area contributed by atoms with Crippen molar-refractivity contribution in [2.75, 3.05) is 11.9 Å². The topological polar surface area (TPSA) is 109 Å². The fraction of sp³-hybridized carbons (Fsp3) is 0.400. The third kappa shape index (κ3) is 4.51. The molecule has 8 nitrogen and oxygen atoms in total. The number of nitriles is 1. The summed E-state index contributed by atoms with van der Waals surface area (Å²) in [4.78, 5) is 12.2. The summed E-state index contributed by atoms with van der Waals surface area (Å²) in [7, 11) is 0. The van der Waals surface area contributed by atoms with Crippen LogP contribution in [0.25, 0.3) is 5.69 Å². The minimum atomic E-state index is -0.517. The number of benzene rings is 1. The minimum Gasteiger partial charge on any atom is -0.341 e. The van der Waals surface area contributed by atoms with Gasteiger partial charge in [-0.15, -0.1) is 0 Å². The second-order valence-corrected chi connectivity index (χ2v) is 5.45. The highest BCUT2D eigenvalue weighted by Crippen LogP contribution is 2.14. The van der Waals surface area contributed by atoms with Crippen molar-refractivity contribution >= 4 is 11.9 Å². The van der Waals surface area contributed by atoms with Gasteiger partial charge in [-0.2, -0.15) is 9.94 Å². The van der Waals surface area contributed by atoms with Crippen molar-refractivity contribution in [1.29, 1.82) is 5.26 Å². The predicted octanol–water partition coefficient (Wildman–Crippen LogP) is 1.13. The van der Waals surface area contributed by atoms with Crippen LogP contribution in [0.4, 0.5) is 5.95 Å². The molecule has 120 valence electrons. The van der Waals surface area contributed by atoms with Crippen LogP contribution in [0.1, 0.15) is 20.3 Å². The first kappa shape index (κ1) is 16.4. The van der Waals surface area contributed by atoms with Gasteiger partial charge in [0.2, 0.25) is 11.9 Å². The van der Waals surface area contributed by atoms with Crippen LogP contribution in [-0.4, -0.2) is 38.7 Å². The summed E-state index contributed by atoms with van der Waals surface area (Å²) in [5, 5.41) is 25.8. The largest absolute Gasteiger partial charge is 0.341 e. The molecule has 0 aliphatic heterocycles. The molecule has 1 aromatic carbocycles. The quantitative estimate of drug-likeness (QED) is 0.742. The zero-order valence-corrected chi connectivity index (χ0v) is 13.1. The average Bonchev–Trinajstić information content (AvgIpc) is 3.00. The molecule has 0 spiro atoms. The number of hydrogen-bond donors (Lipinski definition) is 2. The van der Waals surface area contributed by atoms with E-state index in [2.05, 4.69) is 26.2 Å². The standard InChI is InChI=1S/C15H19N7O/c1-11(2)10-13(14(23)17-9-8-16)18-15-19-20-21-22(15)12-6-4-3-5-7-12/h3-7,11,13H,9-10H2,1-2H3,(H,17,23)(H,18,19,21)/t13-/m0/s1. The fourth-order valence-corrected chi connectivity index (χ4v) is 2.13. The summed E-state index contributed by atoms with van der Waals surface area (Å²) in [6, 6.07) is 10.8. The highest BCUT2D eigenvalue weighted by molar-refractivity contribution is 5.84. The van der Waals surface area contributed by atoms with Crippen molar-refractivity contribution < 1.29 is 4.79 Å². The number of carbonyl (C=O) groups excluding carboxylic acids is 1. The molecule has 1 atom stereocenters. The number of hydrogen-bond acceptors (Lipinski definition) is 6. The second-order valence-electron chi connectivity index (χ2n) is 5.45. The van der Waals surface area contributed by atoms with Gasteiger partial charge in [0.05, 0.1) is 11.8 Å². The molecule has 1 amide bonds. The third-order valence-electron chi connectivity index (χ3n) is 3.14. The van der Waals surface area contributed by atoms with Crippen molar-refractivity contribution in [3.8, 4) is 11.8 Å². The van der Waals surface area contributed by atoms with E-state index in [9.17, 15) is 4.79 Å². The van der Waals surface area contributed by atoms with E-state index in [0.717, 1.165) is 5.69 Å². The highest BCUT2D eigenvalue weighted by Gasteiger charge is 2.22. The number of tetrazole rings is 1. The van der Waals surface area contributed by atoms with E-state index in [4.69, 9.17) is 5.26 Å². The Balaban J connectivity index is 2.19. The summed E-state index contributed by atoms with van der Waals surface area (Å²) < 4.78 is 1.53. The summed E-state index contributed by atoms with van der Waals surface area (Å²) in [6.45, 7) is 4.01. The van der Waals surface area contributed by atoms with Crippen molar-refractivity contribution in [2.45, 2.75) is 26.3 Å². The predicted molar refractivity (Wildman–Crippen MR) is 84.6 cm³/mol. The van der Waals surface area contributed by atoms with Gasteiger partial charge >= 0.3 is 0 Å². The van der Waals surface area contributed by atoms with E-state index < -0.39 is 6.04 Å². The van der Waals surface area contributed by atoms with Crippen molar-refractivity contribution in [2.24, 2.45) is 5.92 Å². The van der Waals surface area contributed by atoms with Gasteiger partial charge in [0.15, 0.2) is 0 Å². The number of anilines is 1. The molecule has 2 N–H and O–H groups in total. The summed E-state index contributed by atoms with van der Waals surface area (Å²) in [5.74, 6) is 0.429. The molecule has 0 unspecified atom stereocenters. The Bertz CT molecular complexity index is 675. The van der Waals surface area contributed by atoms with Crippen LogP contribution in [0.2, 0.25) is 0 Å². The molecule has 8 heteroatoms. The maximum absolute atomic E-state index is 12.2. The molecule has 1 aromatic heterocycles. The first-order valence-corrected chi connectivity index (χ1v) is 7.36. The van der Waals surface area contributed by atoms with Crippen LogP contribution in [0.15, 0.2) is 30.3 Å². The van der Waals surface area contributed by atoms with E-state index in [1.807, 2.05) is 50.2 Å². The Morgan fingerprint density at radius 1 is 1.35 bits per heavy atom. The van der Waals surface area contributed by atoms with Crippen molar-refractivity contribution in [3.63, 3.8) is 0 Å². The molecule has 0 saturated carbocycles. The van der Waals surface area contributed by atoms with Gasteiger partial charge in [0.1, 0.15) is 12.6 Å². The lowest BCUT2D eigenvalue weighted by Gasteiger charge is -2.19. The molecule has 0 saturated heterocycles. The smallest absolute Gasteiger partial charge is 0.248 e. The molecule has 0 bridgehead atoms. The molecule has 1 heterocycles. The van der Waals surface area contributed by atoms with Gasteiger partial charge in [-0.05, 0) is 34.9 Å². The first-order chi connectivity index (χ1) is 11.1. The lowest BCUT2D eigenvalue weighted by Crippen LogP contribution is -2.41. The molecular formula is C15H19N7O. The maximum Gasteiger partial charge on any atom is 0.248 e. The monoisotopic (exact) mass is 313 g/mol. The average molecular weight is 313 g/mol. The van der Waals surface area contributed by atoms with E-state index in [1.165, 1.54) is 4.68 Å². The van der Waals surface area contributed by atoms with E-state index in [-0.39, 0.29) is 12.5 Å². The molecule has 2 rings (SSSR count). The number of nitrogens with one attached hydrogen (secondary N) is 2. The zero-order chi connectivity index (χ0) is 16.7.